The second-order valence-electron chi connectivity index (χ2n) is 9.79. The first-order chi connectivity index (χ1) is 19.2. The van der Waals surface area contributed by atoms with Gasteiger partial charge in [0.2, 0.25) is 5.91 Å². The van der Waals surface area contributed by atoms with Gasteiger partial charge in [-0.2, -0.15) is 0 Å². The molecule has 1 atom stereocenters. The summed E-state index contributed by atoms with van der Waals surface area (Å²) in [4.78, 5) is 56.5. The lowest BCUT2D eigenvalue weighted by Crippen LogP contribution is -2.52. The van der Waals surface area contributed by atoms with Gasteiger partial charge in [-0.05, 0) is 61.0 Å². The first-order valence-electron chi connectivity index (χ1n) is 12.9. The minimum atomic E-state index is -0.665. The third-order valence-electron chi connectivity index (χ3n) is 7.25. The standard InChI is InChI=1S/C30H27BrClN3O5/c1-19-2-9-23(32)16-25(19)33-12-14-34(15-13-33)26-17-28(37)35(29(26)38)24-10-5-21(6-11-24)30(39)40-18-27(36)20-3-7-22(31)8-4-20/h2-11,16,26H,12-15,17-18H2,1H3. The van der Waals surface area contributed by atoms with E-state index in [1.165, 1.54) is 17.0 Å². The Bertz CT molecular complexity index is 1450. The molecule has 2 saturated heterocycles. The number of benzene rings is 3. The minimum Gasteiger partial charge on any atom is -0.454 e. The molecule has 0 aliphatic carbocycles. The predicted octanol–water partition coefficient (Wildman–Crippen LogP) is 4.90. The zero-order chi connectivity index (χ0) is 28.4. The van der Waals surface area contributed by atoms with E-state index >= 15 is 0 Å². The van der Waals surface area contributed by atoms with E-state index in [1.54, 1.807) is 36.4 Å². The molecule has 3 aromatic rings. The van der Waals surface area contributed by atoms with Crippen molar-refractivity contribution < 1.29 is 23.9 Å². The summed E-state index contributed by atoms with van der Waals surface area (Å²) in [6, 6.07) is 18.1. The number of amides is 2. The van der Waals surface area contributed by atoms with Gasteiger partial charge in [0.15, 0.2) is 12.4 Å². The van der Waals surface area contributed by atoms with Crippen LogP contribution in [-0.2, 0) is 14.3 Å². The molecule has 2 aliphatic heterocycles. The summed E-state index contributed by atoms with van der Waals surface area (Å²) in [7, 11) is 0. The Morgan fingerprint density at radius 1 is 0.925 bits per heavy atom. The highest BCUT2D eigenvalue weighted by Gasteiger charge is 2.43. The fraction of sp³-hybridized carbons (Fsp3) is 0.267. The number of Topliss-reactive ketones (excluding diaryl/α,β-unsaturated/α-hetero) is 1. The quantitative estimate of drug-likeness (QED) is 0.210. The van der Waals surface area contributed by atoms with Crippen LogP contribution >= 0.6 is 27.5 Å². The zero-order valence-corrected chi connectivity index (χ0v) is 24.2. The molecule has 3 aromatic carbocycles. The molecule has 8 nitrogen and oxygen atoms in total. The summed E-state index contributed by atoms with van der Waals surface area (Å²) in [5, 5.41) is 0.684. The summed E-state index contributed by atoms with van der Waals surface area (Å²) in [6.07, 6.45) is 0.108. The summed E-state index contributed by atoms with van der Waals surface area (Å²) in [5.74, 6) is -1.53. The summed E-state index contributed by atoms with van der Waals surface area (Å²) < 4.78 is 6.01. The number of esters is 1. The molecule has 1 unspecified atom stereocenters. The number of halogens is 2. The Balaban J connectivity index is 1.18. The van der Waals surface area contributed by atoms with Gasteiger partial charge < -0.3 is 9.64 Å². The van der Waals surface area contributed by atoms with Gasteiger partial charge >= 0.3 is 5.97 Å². The Labute approximate surface area is 245 Å². The van der Waals surface area contributed by atoms with Crippen LogP contribution < -0.4 is 9.80 Å². The van der Waals surface area contributed by atoms with Crippen molar-refractivity contribution in [2.45, 2.75) is 19.4 Å². The van der Waals surface area contributed by atoms with E-state index in [0.29, 0.717) is 29.4 Å². The van der Waals surface area contributed by atoms with Gasteiger partial charge in [-0.3, -0.25) is 19.3 Å². The number of rotatable bonds is 7. The summed E-state index contributed by atoms with van der Waals surface area (Å²) in [5.41, 5.74) is 3.27. The van der Waals surface area contributed by atoms with Crippen molar-refractivity contribution in [2.24, 2.45) is 0 Å². The predicted molar refractivity (Wildman–Crippen MR) is 156 cm³/mol. The molecule has 2 amide bonds. The van der Waals surface area contributed by atoms with Crippen molar-refractivity contribution in [2.75, 3.05) is 42.6 Å². The van der Waals surface area contributed by atoms with Crippen molar-refractivity contribution in [3.63, 3.8) is 0 Å². The van der Waals surface area contributed by atoms with Crippen molar-refractivity contribution in [3.05, 3.63) is 92.9 Å². The fourth-order valence-electron chi connectivity index (χ4n) is 5.05. The highest BCUT2D eigenvalue weighted by Crippen LogP contribution is 2.29. The van der Waals surface area contributed by atoms with Gasteiger partial charge in [0, 0.05) is 46.9 Å². The number of hydrogen-bond acceptors (Lipinski definition) is 7. The van der Waals surface area contributed by atoms with Crippen molar-refractivity contribution in [1.82, 2.24) is 4.90 Å². The van der Waals surface area contributed by atoms with Crippen molar-refractivity contribution >= 4 is 62.5 Å². The number of carbonyl (C=O) groups is 4. The molecule has 2 fully saturated rings. The number of anilines is 2. The lowest BCUT2D eigenvalue weighted by molar-refractivity contribution is -0.123. The Morgan fingerprint density at radius 2 is 1.57 bits per heavy atom. The van der Waals surface area contributed by atoms with Gasteiger partial charge in [0.1, 0.15) is 0 Å². The lowest BCUT2D eigenvalue weighted by Gasteiger charge is -2.38. The monoisotopic (exact) mass is 623 g/mol. The van der Waals surface area contributed by atoms with Gasteiger partial charge in [-0.1, -0.05) is 45.7 Å². The lowest BCUT2D eigenvalue weighted by atomic mass is 10.1. The van der Waals surface area contributed by atoms with E-state index < -0.39 is 18.6 Å². The van der Waals surface area contributed by atoms with Gasteiger partial charge in [-0.15, -0.1) is 0 Å². The number of nitrogens with zero attached hydrogens (tertiary/aromatic N) is 3. The van der Waals surface area contributed by atoms with Crippen LogP contribution in [0.4, 0.5) is 11.4 Å². The molecular weight excluding hydrogens is 598 g/mol. The maximum atomic E-state index is 13.3. The van der Waals surface area contributed by atoms with Crippen LogP contribution in [0.25, 0.3) is 0 Å². The molecule has 2 aliphatic rings. The fourth-order valence-corrected chi connectivity index (χ4v) is 5.48. The van der Waals surface area contributed by atoms with Crippen LogP contribution in [0, 0.1) is 6.92 Å². The van der Waals surface area contributed by atoms with Crippen molar-refractivity contribution in [1.29, 1.82) is 0 Å². The average molecular weight is 625 g/mol. The van der Waals surface area contributed by atoms with E-state index in [1.807, 2.05) is 25.1 Å². The van der Waals surface area contributed by atoms with Crippen LogP contribution in [0.1, 0.15) is 32.7 Å². The Morgan fingerprint density at radius 3 is 2.25 bits per heavy atom. The SMILES string of the molecule is Cc1ccc(Cl)cc1N1CCN(C2CC(=O)N(c3ccc(C(=O)OCC(=O)c4ccc(Br)cc4)cc3)C2=O)CC1. The second-order valence-corrected chi connectivity index (χ2v) is 11.1. The highest BCUT2D eigenvalue weighted by molar-refractivity contribution is 9.10. The molecular formula is C30H27BrClN3O5. The third kappa shape index (κ3) is 5.96. The number of ether oxygens (including phenoxy) is 1. The molecule has 0 aromatic heterocycles. The van der Waals surface area contributed by atoms with Gasteiger partial charge in [0.25, 0.3) is 5.91 Å². The highest BCUT2D eigenvalue weighted by atomic mass is 79.9. The topological polar surface area (TPSA) is 87.2 Å². The zero-order valence-electron chi connectivity index (χ0n) is 21.8. The third-order valence-corrected chi connectivity index (χ3v) is 8.02. The van der Waals surface area contributed by atoms with E-state index in [9.17, 15) is 19.2 Å². The van der Waals surface area contributed by atoms with E-state index in [2.05, 4.69) is 25.7 Å². The molecule has 0 N–H and O–H groups in total. The van der Waals surface area contributed by atoms with Crippen LogP contribution in [0.15, 0.2) is 71.2 Å². The van der Waals surface area contributed by atoms with Crippen LogP contribution in [0.3, 0.4) is 0 Å². The normalized spacial score (nSPS) is 17.8. The van der Waals surface area contributed by atoms with E-state index in [-0.39, 0.29) is 29.6 Å². The average Bonchev–Trinajstić information content (AvgIpc) is 3.26. The number of aryl methyl sites for hydroxylation is 1. The van der Waals surface area contributed by atoms with Crippen LogP contribution in [0.5, 0.6) is 0 Å². The molecule has 0 spiro atoms. The minimum absolute atomic E-state index is 0.108. The number of imide groups is 1. The number of hydrogen-bond donors (Lipinski definition) is 0. The maximum absolute atomic E-state index is 13.3. The Hall–Kier alpha value is -3.53. The molecule has 0 saturated carbocycles. The van der Waals surface area contributed by atoms with Crippen molar-refractivity contribution in [3.8, 4) is 0 Å². The number of piperazine rings is 1. The maximum Gasteiger partial charge on any atom is 0.338 e. The molecule has 0 bridgehead atoms. The van der Waals surface area contributed by atoms with Crippen LogP contribution in [-0.4, -0.2) is 67.3 Å². The molecule has 206 valence electrons. The first-order valence-corrected chi connectivity index (χ1v) is 14.1. The smallest absolute Gasteiger partial charge is 0.338 e. The van der Waals surface area contributed by atoms with Gasteiger partial charge in [-0.25, -0.2) is 9.69 Å². The van der Waals surface area contributed by atoms with E-state index in [4.69, 9.17) is 16.3 Å². The second kappa shape index (κ2) is 11.9. The van der Waals surface area contributed by atoms with Gasteiger partial charge in [0.05, 0.1) is 23.7 Å². The first kappa shape index (κ1) is 28.0. The molecule has 10 heteroatoms. The largest absolute Gasteiger partial charge is 0.454 e. The molecule has 5 rings (SSSR count). The molecule has 40 heavy (non-hydrogen) atoms. The summed E-state index contributed by atoms with van der Waals surface area (Å²) in [6.45, 7) is 4.39. The number of carbonyl (C=O) groups excluding carboxylic acids is 4. The Kier molecular flexibility index (Phi) is 8.35. The molecule has 0 radical (unpaired) electrons. The number of ketones is 1. The van der Waals surface area contributed by atoms with E-state index in [0.717, 1.165) is 28.8 Å². The molecule has 2 heterocycles. The van der Waals surface area contributed by atoms with Crippen LogP contribution in [0.2, 0.25) is 5.02 Å². The summed E-state index contributed by atoms with van der Waals surface area (Å²) >= 11 is 9.51.